The van der Waals surface area contributed by atoms with Crippen LogP contribution >= 0.6 is 0 Å². The molecule has 0 saturated heterocycles. The molecule has 28 heavy (non-hydrogen) atoms. The van der Waals surface area contributed by atoms with Crippen molar-refractivity contribution >= 4 is 16.9 Å². The first kappa shape index (κ1) is 16.2. The molecule has 0 fully saturated rings. The maximum absolute atomic E-state index is 6.52. The van der Waals surface area contributed by atoms with Gasteiger partial charge in [0.1, 0.15) is 5.82 Å². The van der Waals surface area contributed by atoms with Crippen LogP contribution in [0.1, 0.15) is 0 Å². The van der Waals surface area contributed by atoms with E-state index in [2.05, 4.69) is 0 Å². The Morgan fingerprint density at radius 3 is 1.86 bits per heavy atom. The van der Waals surface area contributed by atoms with Gasteiger partial charge in [-0.15, -0.1) is 5.10 Å². The molecule has 3 aromatic carbocycles. The number of nitrogens with two attached hydrogens (primary N) is 1. The van der Waals surface area contributed by atoms with E-state index in [1.807, 2.05) is 91.0 Å². The summed E-state index contributed by atoms with van der Waals surface area (Å²) in [6, 6.07) is 29.7. The van der Waals surface area contributed by atoms with Crippen LogP contribution in [0.3, 0.4) is 0 Å². The minimum atomic E-state index is 0.527. The number of nitrogen functional groups attached to an aromatic ring is 1. The highest BCUT2D eigenvalue weighted by molar-refractivity contribution is 5.99. The average molecular weight is 363 g/mol. The van der Waals surface area contributed by atoms with Gasteiger partial charge in [0.05, 0.1) is 16.8 Å². The van der Waals surface area contributed by atoms with Crippen LogP contribution in [0.4, 0.5) is 5.82 Å². The Balaban J connectivity index is 1.83. The van der Waals surface area contributed by atoms with Gasteiger partial charge in [-0.25, -0.2) is 14.6 Å². The highest BCUT2D eigenvalue weighted by atomic mass is 15.3. The molecule has 0 saturated carbocycles. The summed E-state index contributed by atoms with van der Waals surface area (Å²) in [4.78, 5) is 9.58. The Bertz CT molecular complexity index is 1250. The van der Waals surface area contributed by atoms with E-state index in [1.54, 1.807) is 4.68 Å². The zero-order chi connectivity index (χ0) is 18.9. The third-order valence-electron chi connectivity index (χ3n) is 4.65. The third kappa shape index (κ3) is 2.70. The highest BCUT2D eigenvalue weighted by Crippen LogP contribution is 2.33. The van der Waals surface area contributed by atoms with Gasteiger partial charge >= 0.3 is 0 Å². The standard InChI is InChI=1S/C23H17N5/c24-21-19-20(16-10-4-1-5-11-16)25-22(17-12-6-2-7-13-17)26-23(19)27-28(21)18-14-8-3-9-15-18/h1-15H,24H2. The predicted octanol–water partition coefficient (Wildman–Crippen LogP) is 4.73. The zero-order valence-electron chi connectivity index (χ0n) is 15.0. The van der Waals surface area contributed by atoms with Crippen molar-refractivity contribution in [3.8, 4) is 28.3 Å². The summed E-state index contributed by atoms with van der Waals surface area (Å²) in [5.41, 5.74) is 10.7. The predicted molar refractivity (Wildman–Crippen MR) is 112 cm³/mol. The second kappa shape index (κ2) is 6.63. The monoisotopic (exact) mass is 363 g/mol. The van der Waals surface area contributed by atoms with Gasteiger partial charge in [-0.3, -0.25) is 0 Å². The second-order valence-corrected chi connectivity index (χ2v) is 6.46. The number of anilines is 1. The Morgan fingerprint density at radius 2 is 1.21 bits per heavy atom. The molecule has 0 unspecified atom stereocenters. The summed E-state index contributed by atoms with van der Waals surface area (Å²) in [5.74, 6) is 1.16. The van der Waals surface area contributed by atoms with Crippen LogP contribution in [0.5, 0.6) is 0 Å². The molecule has 5 nitrogen and oxygen atoms in total. The first-order chi connectivity index (χ1) is 13.8. The van der Waals surface area contributed by atoms with E-state index >= 15 is 0 Å². The highest BCUT2D eigenvalue weighted by Gasteiger charge is 2.19. The van der Waals surface area contributed by atoms with E-state index in [0.29, 0.717) is 17.3 Å². The van der Waals surface area contributed by atoms with E-state index in [9.17, 15) is 0 Å². The van der Waals surface area contributed by atoms with Crippen LogP contribution in [0.2, 0.25) is 0 Å². The minimum absolute atomic E-state index is 0.527. The van der Waals surface area contributed by atoms with Crippen molar-refractivity contribution in [2.24, 2.45) is 0 Å². The van der Waals surface area contributed by atoms with E-state index in [0.717, 1.165) is 27.9 Å². The molecule has 0 aliphatic heterocycles. The molecule has 0 amide bonds. The maximum Gasteiger partial charge on any atom is 0.188 e. The smallest absolute Gasteiger partial charge is 0.188 e. The van der Waals surface area contributed by atoms with Gasteiger partial charge < -0.3 is 5.73 Å². The summed E-state index contributed by atoms with van der Waals surface area (Å²) in [7, 11) is 0. The lowest BCUT2D eigenvalue weighted by atomic mass is 10.1. The lowest BCUT2D eigenvalue weighted by molar-refractivity contribution is 0.900. The molecular formula is C23H17N5. The van der Waals surface area contributed by atoms with Crippen LogP contribution in [0, 0.1) is 0 Å². The molecule has 2 N–H and O–H groups in total. The number of hydrogen-bond acceptors (Lipinski definition) is 4. The topological polar surface area (TPSA) is 69.6 Å². The molecule has 2 aromatic heterocycles. The number of nitrogens with zero attached hydrogens (tertiary/aromatic N) is 4. The fraction of sp³-hybridized carbons (Fsp3) is 0. The lowest BCUT2D eigenvalue weighted by Gasteiger charge is -2.07. The van der Waals surface area contributed by atoms with Crippen LogP contribution in [-0.2, 0) is 0 Å². The molecule has 5 aromatic rings. The van der Waals surface area contributed by atoms with Crippen LogP contribution in [-0.4, -0.2) is 19.7 Å². The van der Waals surface area contributed by atoms with Gasteiger partial charge in [-0.2, -0.15) is 0 Å². The van der Waals surface area contributed by atoms with Crippen molar-refractivity contribution in [3.63, 3.8) is 0 Å². The van der Waals surface area contributed by atoms with Gasteiger partial charge in [-0.05, 0) is 12.1 Å². The molecule has 0 aliphatic rings. The van der Waals surface area contributed by atoms with Crippen LogP contribution in [0.15, 0.2) is 91.0 Å². The number of fused-ring (bicyclic) bond motifs is 1. The molecular weight excluding hydrogens is 346 g/mol. The first-order valence-electron chi connectivity index (χ1n) is 9.04. The quantitative estimate of drug-likeness (QED) is 0.503. The van der Waals surface area contributed by atoms with Crippen molar-refractivity contribution in [2.45, 2.75) is 0 Å². The van der Waals surface area contributed by atoms with Crippen molar-refractivity contribution in [1.29, 1.82) is 0 Å². The molecule has 2 heterocycles. The molecule has 0 aliphatic carbocycles. The van der Waals surface area contributed by atoms with Crippen molar-refractivity contribution in [1.82, 2.24) is 19.7 Å². The van der Waals surface area contributed by atoms with E-state index in [-0.39, 0.29) is 0 Å². The first-order valence-corrected chi connectivity index (χ1v) is 9.04. The number of hydrogen-bond donors (Lipinski definition) is 1. The minimum Gasteiger partial charge on any atom is -0.383 e. The molecule has 0 radical (unpaired) electrons. The second-order valence-electron chi connectivity index (χ2n) is 6.46. The fourth-order valence-corrected chi connectivity index (χ4v) is 3.30. The van der Waals surface area contributed by atoms with Gasteiger partial charge in [0, 0.05) is 11.1 Å². The van der Waals surface area contributed by atoms with Crippen LogP contribution < -0.4 is 5.73 Å². The number of para-hydroxylation sites is 1. The van der Waals surface area contributed by atoms with Crippen molar-refractivity contribution < 1.29 is 0 Å². The molecule has 0 bridgehead atoms. The molecule has 134 valence electrons. The summed E-state index contributed by atoms with van der Waals surface area (Å²) >= 11 is 0. The Hall–Kier alpha value is -3.99. The molecule has 0 spiro atoms. The average Bonchev–Trinajstić information content (AvgIpc) is 3.11. The number of benzene rings is 3. The number of aromatic nitrogens is 4. The Kier molecular flexibility index (Phi) is 3.84. The molecule has 5 rings (SSSR count). The van der Waals surface area contributed by atoms with E-state index in [4.69, 9.17) is 20.8 Å². The number of rotatable bonds is 3. The van der Waals surface area contributed by atoms with Crippen molar-refractivity contribution in [3.05, 3.63) is 91.0 Å². The van der Waals surface area contributed by atoms with Crippen LogP contribution in [0.25, 0.3) is 39.4 Å². The summed E-state index contributed by atoms with van der Waals surface area (Å²) in [6.07, 6.45) is 0. The van der Waals surface area contributed by atoms with Crippen molar-refractivity contribution in [2.75, 3.05) is 5.73 Å². The van der Waals surface area contributed by atoms with Gasteiger partial charge in [0.15, 0.2) is 11.5 Å². The zero-order valence-corrected chi connectivity index (χ0v) is 15.0. The lowest BCUT2D eigenvalue weighted by Crippen LogP contribution is -2.01. The Labute approximate surface area is 162 Å². The van der Waals surface area contributed by atoms with Gasteiger partial charge in [-0.1, -0.05) is 78.9 Å². The Morgan fingerprint density at radius 1 is 0.643 bits per heavy atom. The van der Waals surface area contributed by atoms with E-state index < -0.39 is 0 Å². The summed E-state index contributed by atoms with van der Waals surface area (Å²) in [6.45, 7) is 0. The maximum atomic E-state index is 6.52. The van der Waals surface area contributed by atoms with E-state index in [1.165, 1.54) is 0 Å². The summed E-state index contributed by atoms with van der Waals surface area (Å²) in [5, 5.41) is 5.45. The summed E-state index contributed by atoms with van der Waals surface area (Å²) < 4.78 is 1.72. The normalized spacial score (nSPS) is 11.0. The van der Waals surface area contributed by atoms with Gasteiger partial charge in [0.25, 0.3) is 0 Å². The SMILES string of the molecule is Nc1c2c(-c3ccccc3)nc(-c3ccccc3)nc2nn1-c1ccccc1. The third-order valence-corrected chi connectivity index (χ3v) is 4.65. The molecule has 0 atom stereocenters. The fourth-order valence-electron chi connectivity index (χ4n) is 3.30. The largest absolute Gasteiger partial charge is 0.383 e. The van der Waals surface area contributed by atoms with Gasteiger partial charge in [0.2, 0.25) is 0 Å². The molecule has 5 heteroatoms.